The Balaban J connectivity index is 1.39. The van der Waals surface area contributed by atoms with Gasteiger partial charge in [-0.2, -0.15) is 0 Å². The number of pyridine rings is 1. The third-order valence-electron chi connectivity index (χ3n) is 6.48. The van der Waals surface area contributed by atoms with Crippen LogP contribution in [0.3, 0.4) is 0 Å². The summed E-state index contributed by atoms with van der Waals surface area (Å²) < 4.78 is 17.0. The number of hydrogen-bond acceptors (Lipinski definition) is 5. The molecule has 1 unspecified atom stereocenters. The van der Waals surface area contributed by atoms with Crippen LogP contribution < -0.4 is 9.47 Å². The molecular weight excluding hydrogens is 462 g/mol. The highest BCUT2D eigenvalue weighted by Crippen LogP contribution is 2.38. The molecule has 0 amide bonds. The topological polar surface area (TPSA) is 57.7 Å². The highest BCUT2D eigenvalue weighted by molar-refractivity contribution is 6.06. The zero-order valence-corrected chi connectivity index (χ0v) is 21.3. The van der Waals surface area contributed by atoms with Crippen molar-refractivity contribution in [1.82, 2.24) is 4.98 Å². The summed E-state index contributed by atoms with van der Waals surface area (Å²) in [6.45, 7) is 5.20. The number of allylic oxidation sites excluding steroid dienone is 1. The van der Waals surface area contributed by atoms with E-state index in [0.717, 1.165) is 51.9 Å². The molecule has 5 nitrogen and oxygen atoms in total. The van der Waals surface area contributed by atoms with Gasteiger partial charge >= 0.3 is 5.97 Å². The maximum Gasteiger partial charge on any atom is 0.339 e. The monoisotopic (exact) mass is 493 g/mol. The smallest absolute Gasteiger partial charge is 0.339 e. The Bertz CT molecular complexity index is 1410. The summed E-state index contributed by atoms with van der Waals surface area (Å²) >= 11 is 0. The summed E-state index contributed by atoms with van der Waals surface area (Å²) in [5.41, 5.74) is 5.57. The fourth-order valence-corrected chi connectivity index (χ4v) is 4.88. The van der Waals surface area contributed by atoms with Crippen LogP contribution in [0.25, 0.3) is 22.6 Å². The third kappa shape index (κ3) is 5.67. The lowest BCUT2D eigenvalue weighted by molar-refractivity contribution is 0.0451. The van der Waals surface area contributed by atoms with Crippen LogP contribution in [0.2, 0.25) is 0 Å². The van der Waals surface area contributed by atoms with E-state index < -0.39 is 0 Å². The fourth-order valence-electron chi connectivity index (χ4n) is 4.88. The number of para-hydroxylation sites is 1. The van der Waals surface area contributed by atoms with Gasteiger partial charge in [0.1, 0.15) is 24.7 Å². The number of esters is 1. The molecule has 0 aliphatic heterocycles. The lowest BCUT2D eigenvalue weighted by atomic mass is 9.80. The van der Waals surface area contributed by atoms with Crippen LogP contribution in [0.1, 0.15) is 47.4 Å². The number of rotatable bonds is 8. The first-order chi connectivity index (χ1) is 18.1. The molecule has 4 aromatic rings. The number of aromatic nitrogens is 1. The minimum absolute atomic E-state index is 0.153. The van der Waals surface area contributed by atoms with Gasteiger partial charge in [0.05, 0.1) is 23.4 Å². The number of fused-ring (bicyclic) bond motifs is 2. The van der Waals surface area contributed by atoms with Crippen molar-refractivity contribution in [3.05, 3.63) is 101 Å². The van der Waals surface area contributed by atoms with E-state index in [1.807, 2.05) is 73.7 Å². The van der Waals surface area contributed by atoms with E-state index in [4.69, 9.17) is 19.2 Å². The minimum Gasteiger partial charge on any atom is -0.494 e. The van der Waals surface area contributed by atoms with Crippen molar-refractivity contribution in [2.75, 3.05) is 19.8 Å². The second-order valence-corrected chi connectivity index (χ2v) is 9.31. The SMILES string of the molecule is CCOc1ccc(OCCOC(=O)c2c3c(nc4ccccc24)C(=Cc2ccccc2)CC(C)C3)cc1. The van der Waals surface area contributed by atoms with E-state index in [0.29, 0.717) is 23.8 Å². The molecule has 0 saturated carbocycles. The summed E-state index contributed by atoms with van der Waals surface area (Å²) in [5, 5.41) is 0.826. The average Bonchev–Trinajstić information content (AvgIpc) is 2.91. The molecule has 188 valence electrons. The summed E-state index contributed by atoms with van der Waals surface area (Å²) in [7, 11) is 0. The number of carbonyl (C=O) groups excluding carboxylic acids is 1. The Morgan fingerprint density at radius 3 is 2.35 bits per heavy atom. The van der Waals surface area contributed by atoms with Crippen molar-refractivity contribution < 1.29 is 19.0 Å². The molecular formula is C32H31NO4. The fraction of sp³-hybridized carbons (Fsp3) is 0.250. The third-order valence-corrected chi connectivity index (χ3v) is 6.48. The summed E-state index contributed by atoms with van der Waals surface area (Å²) in [4.78, 5) is 18.5. The lowest BCUT2D eigenvalue weighted by Gasteiger charge is -2.26. The molecule has 0 bridgehead atoms. The van der Waals surface area contributed by atoms with Crippen LogP contribution >= 0.6 is 0 Å². The van der Waals surface area contributed by atoms with Crippen LogP contribution in [0, 0.1) is 5.92 Å². The molecule has 0 saturated heterocycles. The van der Waals surface area contributed by atoms with Crippen LogP contribution in [-0.4, -0.2) is 30.8 Å². The Morgan fingerprint density at radius 1 is 0.892 bits per heavy atom. The first-order valence-corrected chi connectivity index (χ1v) is 12.8. The highest BCUT2D eigenvalue weighted by Gasteiger charge is 2.28. The lowest BCUT2D eigenvalue weighted by Crippen LogP contribution is -2.20. The maximum atomic E-state index is 13.5. The van der Waals surface area contributed by atoms with E-state index in [-0.39, 0.29) is 19.2 Å². The summed E-state index contributed by atoms with van der Waals surface area (Å²) in [6, 6.07) is 25.5. The number of carbonyl (C=O) groups is 1. The summed E-state index contributed by atoms with van der Waals surface area (Å²) in [5.74, 6) is 1.56. The Labute approximate surface area is 217 Å². The van der Waals surface area contributed by atoms with Crippen molar-refractivity contribution in [2.24, 2.45) is 5.92 Å². The van der Waals surface area contributed by atoms with E-state index >= 15 is 0 Å². The van der Waals surface area contributed by atoms with Crippen molar-refractivity contribution in [3.63, 3.8) is 0 Å². The quantitative estimate of drug-likeness (QED) is 0.196. The van der Waals surface area contributed by atoms with Crippen molar-refractivity contribution in [2.45, 2.75) is 26.7 Å². The van der Waals surface area contributed by atoms with Gasteiger partial charge in [-0.25, -0.2) is 9.78 Å². The highest BCUT2D eigenvalue weighted by atomic mass is 16.6. The normalized spacial score (nSPS) is 15.8. The zero-order chi connectivity index (χ0) is 25.6. The molecule has 0 spiro atoms. The molecule has 1 atom stereocenters. The number of nitrogens with zero attached hydrogens (tertiary/aromatic N) is 1. The molecule has 5 rings (SSSR count). The first-order valence-electron chi connectivity index (χ1n) is 12.8. The minimum atomic E-state index is -0.335. The number of ether oxygens (including phenoxy) is 3. The molecule has 1 aliphatic carbocycles. The Kier molecular flexibility index (Phi) is 7.50. The molecule has 1 aromatic heterocycles. The van der Waals surface area contributed by atoms with Crippen molar-refractivity contribution in [1.29, 1.82) is 0 Å². The molecule has 0 N–H and O–H groups in total. The van der Waals surface area contributed by atoms with E-state index in [1.54, 1.807) is 0 Å². The maximum absolute atomic E-state index is 13.5. The Morgan fingerprint density at radius 2 is 1.59 bits per heavy atom. The van der Waals surface area contributed by atoms with Gasteiger partial charge in [-0.3, -0.25) is 0 Å². The molecule has 3 aromatic carbocycles. The van der Waals surface area contributed by atoms with E-state index in [2.05, 4.69) is 25.1 Å². The molecule has 37 heavy (non-hydrogen) atoms. The zero-order valence-electron chi connectivity index (χ0n) is 21.3. The van der Waals surface area contributed by atoms with Crippen LogP contribution in [0.4, 0.5) is 0 Å². The van der Waals surface area contributed by atoms with Gasteiger partial charge < -0.3 is 14.2 Å². The number of hydrogen-bond donors (Lipinski definition) is 0. The van der Waals surface area contributed by atoms with Crippen molar-refractivity contribution in [3.8, 4) is 11.5 Å². The molecule has 0 radical (unpaired) electrons. The van der Waals surface area contributed by atoms with Gasteiger partial charge in [0.2, 0.25) is 0 Å². The second-order valence-electron chi connectivity index (χ2n) is 9.31. The summed E-state index contributed by atoms with van der Waals surface area (Å²) in [6.07, 6.45) is 3.89. The standard InChI is InChI=1S/C32H31NO4/c1-3-35-25-13-15-26(16-14-25)36-17-18-37-32(34)30-27-11-7-8-12-29(27)33-31-24(19-22(2)20-28(30)31)21-23-9-5-4-6-10-23/h4-16,21-22H,3,17-20H2,1-2H3. The first kappa shape index (κ1) is 24.6. The van der Waals surface area contributed by atoms with Crippen LogP contribution in [0.5, 0.6) is 11.5 Å². The average molecular weight is 494 g/mol. The van der Waals surface area contributed by atoms with E-state index in [9.17, 15) is 4.79 Å². The predicted molar refractivity (Wildman–Crippen MR) is 147 cm³/mol. The predicted octanol–water partition coefficient (Wildman–Crippen LogP) is 6.99. The van der Waals surface area contributed by atoms with Gasteiger partial charge in [0, 0.05) is 5.39 Å². The van der Waals surface area contributed by atoms with Gasteiger partial charge in [0.15, 0.2) is 0 Å². The largest absolute Gasteiger partial charge is 0.494 e. The van der Waals surface area contributed by atoms with Gasteiger partial charge in [-0.15, -0.1) is 0 Å². The van der Waals surface area contributed by atoms with Gasteiger partial charge in [-0.05, 0) is 78.8 Å². The molecule has 1 aliphatic rings. The second kappa shape index (κ2) is 11.3. The van der Waals surface area contributed by atoms with Crippen LogP contribution in [-0.2, 0) is 11.2 Å². The number of benzene rings is 3. The van der Waals surface area contributed by atoms with E-state index in [1.165, 1.54) is 0 Å². The van der Waals surface area contributed by atoms with Gasteiger partial charge in [-0.1, -0.05) is 55.5 Å². The molecule has 0 fully saturated rings. The van der Waals surface area contributed by atoms with Crippen molar-refractivity contribution >= 4 is 28.5 Å². The molecule has 1 heterocycles. The van der Waals surface area contributed by atoms with Crippen LogP contribution in [0.15, 0.2) is 78.9 Å². The Hall–Kier alpha value is -4.12. The van der Waals surface area contributed by atoms with Gasteiger partial charge in [0.25, 0.3) is 0 Å². The molecule has 5 heteroatoms.